The molecule has 0 bridgehead atoms. The molecule has 2 rings (SSSR count). The van der Waals surface area contributed by atoms with Crippen molar-refractivity contribution in [3.05, 3.63) is 32.5 Å². The Morgan fingerprint density at radius 3 is 2.42 bits per heavy atom. The highest BCUT2D eigenvalue weighted by atomic mass is 79.9. The number of carbonyl (C=O) groups excluding carboxylic acids is 2. The molecule has 1 fully saturated rings. The van der Waals surface area contributed by atoms with Crippen molar-refractivity contribution in [1.82, 2.24) is 16.0 Å². The van der Waals surface area contributed by atoms with Gasteiger partial charge in [0.25, 0.3) is 5.91 Å². The number of hydrogen-bond donors (Lipinski definition) is 3. The normalized spacial score (nSPS) is 20.7. The minimum Gasteiger partial charge on any atom is -0.406 e. The number of hydrogen-bond acceptors (Lipinski definition) is 5. The second kappa shape index (κ2) is 12.3. The summed E-state index contributed by atoms with van der Waals surface area (Å²) in [4.78, 5) is 25.0. The van der Waals surface area contributed by atoms with E-state index >= 15 is 0 Å². The molecule has 0 radical (unpaired) electrons. The highest BCUT2D eigenvalue weighted by Crippen LogP contribution is 2.25. The van der Waals surface area contributed by atoms with Gasteiger partial charge in [-0.05, 0) is 54.2 Å². The van der Waals surface area contributed by atoms with Gasteiger partial charge >= 0.3 is 7.12 Å². The summed E-state index contributed by atoms with van der Waals surface area (Å²) in [5, 5.41) is 8.74. The number of halogens is 3. The maximum Gasteiger partial charge on any atom is 0.481 e. The molecule has 0 saturated carbocycles. The number of benzene rings is 1. The van der Waals surface area contributed by atoms with Crippen molar-refractivity contribution in [2.75, 3.05) is 19.6 Å². The molecule has 1 aliphatic heterocycles. The Balaban J connectivity index is 2.02. The molecule has 3 N–H and O–H groups in total. The summed E-state index contributed by atoms with van der Waals surface area (Å²) >= 11 is 6.24. The van der Waals surface area contributed by atoms with Crippen LogP contribution in [0.15, 0.2) is 21.1 Å². The monoisotopic (exact) mass is 563 g/mol. The second-order valence-electron chi connectivity index (χ2n) is 8.16. The zero-order valence-corrected chi connectivity index (χ0v) is 21.3. The van der Waals surface area contributed by atoms with E-state index in [-0.39, 0.29) is 40.6 Å². The summed E-state index contributed by atoms with van der Waals surface area (Å²) in [5.74, 6) is -1.59. The summed E-state index contributed by atoms with van der Waals surface area (Å²) in [6.45, 7) is 9.13. The molecule has 7 nitrogen and oxygen atoms in total. The van der Waals surface area contributed by atoms with Gasteiger partial charge < -0.3 is 25.3 Å². The average Bonchev–Trinajstić information content (AvgIpc) is 2.66. The third-order valence-electron chi connectivity index (χ3n) is 4.64. The molecular formula is C20H29BBr2FN3O4. The molecule has 0 aromatic heterocycles. The van der Waals surface area contributed by atoms with Crippen LogP contribution in [-0.4, -0.2) is 56.7 Å². The van der Waals surface area contributed by atoms with Crippen LogP contribution in [0.5, 0.6) is 0 Å². The van der Waals surface area contributed by atoms with Gasteiger partial charge in [0.05, 0.1) is 34.7 Å². The first-order valence-electron chi connectivity index (χ1n) is 10.3. The summed E-state index contributed by atoms with van der Waals surface area (Å²) in [6.07, 6.45) is 0.500. The maximum atomic E-state index is 13.9. The fourth-order valence-corrected chi connectivity index (χ4v) is 4.09. The summed E-state index contributed by atoms with van der Waals surface area (Å²) in [7, 11) is -0.595. The molecule has 3 atom stereocenters. The van der Waals surface area contributed by atoms with Gasteiger partial charge in [-0.25, -0.2) is 4.39 Å². The maximum absolute atomic E-state index is 13.9. The molecular weight excluding hydrogens is 536 g/mol. The van der Waals surface area contributed by atoms with E-state index in [1.807, 2.05) is 13.8 Å². The van der Waals surface area contributed by atoms with Gasteiger partial charge in [0.1, 0.15) is 5.82 Å². The van der Waals surface area contributed by atoms with E-state index in [0.717, 1.165) is 0 Å². The number of amides is 2. The average molecular weight is 565 g/mol. The Kier molecular flexibility index (Phi) is 10.4. The van der Waals surface area contributed by atoms with Gasteiger partial charge in [-0.2, -0.15) is 0 Å². The van der Waals surface area contributed by atoms with Gasteiger partial charge in [0.2, 0.25) is 5.91 Å². The van der Waals surface area contributed by atoms with Gasteiger partial charge in [-0.15, -0.1) is 0 Å². The topological polar surface area (TPSA) is 88.7 Å². The predicted octanol–water partition coefficient (Wildman–Crippen LogP) is 3.05. The van der Waals surface area contributed by atoms with E-state index in [1.165, 1.54) is 12.1 Å². The van der Waals surface area contributed by atoms with Crippen molar-refractivity contribution in [3.8, 4) is 0 Å². The van der Waals surface area contributed by atoms with E-state index in [1.54, 1.807) is 0 Å². The third kappa shape index (κ3) is 8.45. The van der Waals surface area contributed by atoms with Crippen LogP contribution in [0.3, 0.4) is 0 Å². The van der Waals surface area contributed by atoms with Crippen LogP contribution in [0, 0.1) is 11.7 Å². The van der Waals surface area contributed by atoms with Crippen LogP contribution in [0.4, 0.5) is 4.39 Å². The zero-order chi connectivity index (χ0) is 23.1. The largest absolute Gasteiger partial charge is 0.481 e. The molecule has 31 heavy (non-hydrogen) atoms. The fraction of sp³-hybridized carbons (Fsp3) is 0.600. The van der Waals surface area contributed by atoms with Crippen LogP contribution < -0.4 is 16.0 Å². The summed E-state index contributed by atoms with van der Waals surface area (Å²) < 4.78 is 26.4. The van der Waals surface area contributed by atoms with E-state index in [9.17, 15) is 14.0 Å². The highest BCUT2D eigenvalue weighted by molar-refractivity contribution is 9.11. The molecule has 2 unspecified atom stereocenters. The van der Waals surface area contributed by atoms with Crippen LogP contribution in [0.2, 0.25) is 0 Å². The lowest BCUT2D eigenvalue weighted by Crippen LogP contribution is -2.56. The minimum absolute atomic E-state index is 0.0409. The van der Waals surface area contributed by atoms with E-state index < -0.39 is 18.8 Å². The van der Waals surface area contributed by atoms with Gasteiger partial charge in [0, 0.05) is 17.6 Å². The third-order valence-corrected chi connectivity index (χ3v) is 5.91. The predicted molar refractivity (Wildman–Crippen MR) is 125 cm³/mol. The zero-order valence-electron chi connectivity index (χ0n) is 18.1. The van der Waals surface area contributed by atoms with Gasteiger partial charge in [0.15, 0.2) is 0 Å². The second-order valence-corrected chi connectivity index (χ2v) is 9.86. The molecule has 172 valence electrons. The molecule has 1 aromatic carbocycles. The number of nitrogens with one attached hydrogen (secondary N) is 3. The highest BCUT2D eigenvalue weighted by Gasteiger charge is 2.36. The standard InChI is InChI=1S/C20H29BBr2FN3O4/c1-11(2)5-17(21-30-12(3)8-25-9-13(4)31-21)27-18(28)10-26-20(29)15-6-14(22)7-16(24)19(15)23/h6-7,11-13,17,25H,5,8-10H2,1-4H3,(H,26,29)(H,27,28)/t12?,13?,17-/m0/s1. The van der Waals surface area contributed by atoms with Crippen molar-refractivity contribution in [2.24, 2.45) is 5.92 Å². The smallest absolute Gasteiger partial charge is 0.406 e. The van der Waals surface area contributed by atoms with Crippen molar-refractivity contribution in [2.45, 2.75) is 52.3 Å². The lowest BCUT2D eigenvalue weighted by molar-refractivity contribution is -0.120. The molecule has 1 aromatic rings. The first-order valence-corrected chi connectivity index (χ1v) is 11.9. The van der Waals surface area contributed by atoms with Crippen molar-refractivity contribution in [3.63, 3.8) is 0 Å². The van der Waals surface area contributed by atoms with Crippen molar-refractivity contribution < 1.29 is 23.3 Å². The molecule has 1 aliphatic rings. The lowest BCUT2D eigenvalue weighted by atomic mass is 9.73. The summed E-state index contributed by atoms with van der Waals surface area (Å²) in [5.41, 5.74) is 0.0974. The number of rotatable bonds is 7. The fourth-order valence-electron chi connectivity index (χ4n) is 3.25. The minimum atomic E-state index is -0.595. The SMILES string of the molecule is CC(C)C[C@H](NC(=O)CNC(=O)c1cc(Br)cc(F)c1Br)B1OC(C)CNCC(C)O1. The Morgan fingerprint density at radius 2 is 1.84 bits per heavy atom. The number of carbonyl (C=O) groups is 2. The molecule has 11 heteroatoms. The Morgan fingerprint density at radius 1 is 1.23 bits per heavy atom. The molecule has 0 spiro atoms. The molecule has 1 saturated heterocycles. The van der Waals surface area contributed by atoms with Crippen LogP contribution >= 0.6 is 31.9 Å². The van der Waals surface area contributed by atoms with Gasteiger partial charge in [-0.1, -0.05) is 29.8 Å². The molecule has 2 amide bonds. The quantitative estimate of drug-likeness (QED) is 0.350. The van der Waals surface area contributed by atoms with Crippen LogP contribution in [0.1, 0.15) is 44.5 Å². The first-order chi connectivity index (χ1) is 14.6. The lowest BCUT2D eigenvalue weighted by Gasteiger charge is -2.32. The Bertz CT molecular complexity index is 775. The molecule has 1 heterocycles. The Labute approximate surface area is 200 Å². The van der Waals surface area contributed by atoms with Crippen molar-refractivity contribution >= 4 is 50.8 Å². The van der Waals surface area contributed by atoms with Crippen LogP contribution in [-0.2, 0) is 14.1 Å². The van der Waals surface area contributed by atoms with Crippen molar-refractivity contribution in [1.29, 1.82) is 0 Å². The Hall–Kier alpha value is -1.01. The summed E-state index contributed by atoms with van der Waals surface area (Å²) in [6, 6.07) is 2.73. The van der Waals surface area contributed by atoms with Gasteiger partial charge in [-0.3, -0.25) is 9.59 Å². The molecule has 0 aliphatic carbocycles. The van der Waals surface area contributed by atoms with E-state index in [2.05, 4.69) is 61.7 Å². The van der Waals surface area contributed by atoms with E-state index in [0.29, 0.717) is 29.9 Å². The van der Waals surface area contributed by atoms with E-state index in [4.69, 9.17) is 9.31 Å². The first kappa shape index (κ1) is 26.2. The van der Waals surface area contributed by atoms with Crippen LogP contribution in [0.25, 0.3) is 0 Å².